The second-order valence-electron chi connectivity index (χ2n) is 5.33. The van der Waals surface area contributed by atoms with Crippen molar-refractivity contribution in [3.8, 4) is 11.4 Å². The molecule has 1 fully saturated rings. The van der Waals surface area contributed by atoms with Gasteiger partial charge in [0.2, 0.25) is 0 Å². The Labute approximate surface area is 117 Å². The third-order valence-electron chi connectivity index (χ3n) is 4.14. The highest BCUT2D eigenvalue weighted by atomic mass is 16.5. The molecule has 20 heavy (non-hydrogen) atoms. The summed E-state index contributed by atoms with van der Waals surface area (Å²) in [5.74, 6) is 1.23. The van der Waals surface area contributed by atoms with Gasteiger partial charge in [-0.15, -0.1) is 5.10 Å². The molecule has 0 radical (unpaired) electrons. The van der Waals surface area contributed by atoms with Crippen LogP contribution in [0.4, 0.5) is 5.69 Å². The van der Waals surface area contributed by atoms with Crippen LogP contribution in [0.15, 0.2) is 18.2 Å². The molecule has 6 nitrogen and oxygen atoms in total. The SMILES string of the molecule is Cc1c(N)cccc1-c1nnnn1C(C)C1CCOC1. The van der Waals surface area contributed by atoms with E-state index < -0.39 is 0 Å². The summed E-state index contributed by atoms with van der Waals surface area (Å²) in [4.78, 5) is 0. The third-order valence-corrected chi connectivity index (χ3v) is 4.14. The number of hydrogen-bond donors (Lipinski definition) is 1. The quantitative estimate of drug-likeness (QED) is 0.863. The Kier molecular flexibility index (Phi) is 3.40. The van der Waals surface area contributed by atoms with Crippen LogP contribution < -0.4 is 5.73 Å². The Morgan fingerprint density at radius 1 is 1.45 bits per heavy atom. The molecular weight excluding hydrogens is 254 g/mol. The van der Waals surface area contributed by atoms with Crippen molar-refractivity contribution in [1.82, 2.24) is 20.2 Å². The summed E-state index contributed by atoms with van der Waals surface area (Å²) in [5.41, 5.74) is 8.73. The fraction of sp³-hybridized carbons (Fsp3) is 0.500. The maximum absolute atomic E-state index is 5.98. The van der Waals surface area contributed by atoms with Gasteiger partial charge in [0.1, 0.15) is 0 Å². The van der Waals surface area contributed by atoms with E-state index in [4.69, 9.17) is 10.5 Å². The largest absolute Gasteiger partial charge is 0.398 e. The van der Waals surface area contributed by atoms with Crippen molar-refractivity contribution in [1.29, 1.82) is 0 Å². The standard InChI is InChI=1S/C14H19N5O/c1-9-12(4-3-5-13(9)15)14-16-17-18-19(14)10(2)11-6-7-20-8-11/h3-5,10-11H,6-8,15H2,1-2H3. The molecule has 2 heterocycles. The average Bonchev–Trinajstić information content (AvgIpc) is 3.11. The van der Waals surface area contributed by atoms with Crippen molar-refractivity contribution in [2.45, 2.75) is 26.3 Å². The summed E-state index contributed by atoms with van der Waals surface area (Å²) in [6.07, 6.45) is 1.05. The van der Waals surface area contributed by atoms with Gasteiger partial charge in [0.15, 0.2) is 5.82 Å². The van der Waals surface area contributed by atoms with Crippen LogP contribution in [0.3, 0.4) is 0 Å². The first kappa shape index (κ1) is 13.1. The zero-order chi connectivity index (χ0) is 14.1. The number of nitrogens with zero attached hydrogens (tertiary/aromatic N) is 4. The van der Waals surface area contributed by atoms with Gasteiger partial charge in [-0.05, 0) is 42.3 Å². The lowest BCUT2D eigenvalue weighted by molar-refractivity contribution is 0.173. The smallest absolute Gasteiger partial charge is 0.182 e. The Bertz CT molecular complexity index is 603. The first-order valence-electron chi connectivity index (χ1n) is 6.89. The topological polar surface area (TPSA) is 78.9 Å². The molecule has 2 aromatic rings. The Balaban J connectivity index is 1.99. The number of hydrogen-bond acceptors (Lipinski definition) is 5. The number of tetrazole rings is 1. The fourth-order valence-electron chi connectivity index (χ4n) is 2.67. The van der Waals surface area contributed by atoms with E-state index in [1.807, 2.05) is 29.8 Å². The monoisotopic (exact) mass is 273 g/mol. The van der Waals surface area contributed by atoms with Crippen LogP contribution in [0.1, 0.15) is 24.9 Å². The van der Waals surface area contributed by atoms with E-state index in [0.717, 1.165) is 42.3 Å². The minimum Gasteiger partial charge on any atom is -0.398 e. The zero-order valence-corrected chi connectivity index (χ0v) is 11.8. The van der Waals surface area contributed by atoms with Crippen molar-refractivity contribution in [3.05, 3.63) is 23.8 Å². The highest BCUT2D eigenvalue weighted by molar-refractivity contribution is 5.67. The Morgan fingerprint density at radius 2 is 2.30 bits per heavy atom. The number of ether oxygens (including phenoxy) is 1. The van der Waals surface area contributed by atoms with Crippen LogP contribution in [-0.2, 0) is 4.74 Å². The molecule has 2 N–H and O–H groups in total. The lowest BCUT2D eigenvalue weighted by Gasteiger charge is -2.19. The third kappa shape index (κ3) is 2.16. The van der Waals surface area contributed by atoms with Crippen LogP contribution in [0.25, 0.3) is 11.4 Å². The van der Waals surface area contributed by atoms with Gasteiger partial charge in [-0.3, -0.25) is 0 Å². The van der Waals surface area contributed by atoms with Gasteiger partial charge in [-0.2, -0.15) is 0 Å². The first-order chi connectivity index (χ1) is 9.68. The highest BCUT2D eigenvalue weighted by Gasteiger charge is 2.27. The van der Waals surface area contributed by atoms with E-state index in [0.29, 0.717) is 5.92 Å². The summed E-state index contributed by atoms with van der Waals surface area (Å²) in [6.45, 7) is 5.73. The molecule has 1 aliphatic heterocycles. The van der Waals surface area contributed by atoms with Gasteiger partial charge in [-0.25, -0.2) is 4.68 Å². The number of nitrogen functional groups attached to an aromatic ring is 1. The van der Waals surface area contributed by atoms with Gasteiger partial charge in [0, 0.05) is 23.8 Å². The molecule has 6 heteroatoms. The molecule has 0 saturated carbocycles. The predicted octanol–water partition coefficient (Wildman–Crippen LogP) is 1.83. The zero-order valence-electron chi connectivity index (χ0n) is 11.8. The summed E-state index contributed by atoms with van der Waals surface area (Å²) in [5, 5.41) is 12.2. The molecule has 1 aliphatic rings. The van der Waals surface area contributed by atoms with Crippen molar-refractivity contribution in [2.75, 3.05) is 18.9 Å². The summed E-state index contributed by atoms with van der Waals surface area (Å²) >= 11 is 0. The Hall–Kier alpha value is -1.95. The molecule has 3 rings (SSSR count). The molecular formula is C14H19N5O. The van der Waals surface area contributed by atoms with Crippen molar-refractivity contribution >= 4 is 5.69 Å². The van der Waals surface area contributed by atoms with Gasteiger partial charge in [0.25, 0.3) is 0 Å². The van der Waals surface area contributed by atoms with Crippen molar-refractivity contribution in [2.24, 2.45) is 5.92 Å². The van der Waals surface area contributed by atoms with E-state index in [1.165, 1.54) is 0 Å². The normalized spacial score (nSPS) is 20.2. The first-order valence-corrected chi connectivity index (χ1v) is 6.89. The fourth-order valence-corrected chi connectivity index (χ4v) is 2.67. The van der Waals surface area contributed by atoms with Crippen LogP contribution in [0.2, 0.25) is 0 Å². The number of benzene rings is 1. The average molecular weight is 273 g/mol. The lowest BCUT2D eigenvalue weighted by atomic mass is 10.00. The number of rotatable bonds is 3. The number of aromatic nitrogens is 4. The van der Waals surface area contributed by atoms with E-state index in [-0.39, 0.29) is 6.04 Å². The van der Waals surface area contributed by atoms with Gasteiger partial charge >= 0.3 is 0 Å². The minimum absolute atomic E-state index is 0.211. The maximum Gasteiger partial charge on any atom is 0.182 e. The second-order valence-corrected chi connectivity index (χ2v) is 5.33. The maximum atomic E-state index is 5.98. The number of anilines is 1. The molecule has 1 aromatic carbocycles. The molecule has 2 atom stereocenters. The molecule has 2 unspecified atom stereocenters. The van der Waals surface area contributed by atoms with Crippen molar-refractivity contribution in [3.63, 3.8) is 0 Å². The van der Waals surface area contributed by atoms with Crippen LogP contribution in [0.5, 0.6) is 0 Å². The van der Waals surface area contributed by atoms with Crippen molar-refractivity contribution < 1.29 is 4.74 Å². The van der Waals surface area contributed by atoms with Gasteiger partial charge in [-0.1, -0.05) is 12.1 Å². The summed E-state index contributed by atoms with van der Waals surface area (Å²) < 4.78 is 7.35. The van der Waals surface area contributed by atoms with Gasteiger partial charge < -0.3 is 10.5 Å². The molecule has 0 bridgehead atoms. The number of nitrogens with two attached hydrogens (primary N) is 1. The molecule has 0 spiro atoms. The van der Waals surface area contributed by atoms with E-state index in [9.17, 15) is 0 Å². The predicted molar refractivity (Wildman–Crippen MR) is 76.0 cm³/mol. The molecule has 0 aliphatic carbocycles. The molecule has 106 valence electrons. The second kappa shape index (κ2) is 5.20. The Morgan fingerprint density at radius 3 is 3.05 bits per heavy atom. The molecule has 0 amide bonds. The lowest BCUT2D eigenvalue weighted by Crippen LogP contribution is -2.19. The summed E-state index contributed by atoms with van der Waals surface area (Å²) in [6, 6.07) is 6.04. The highest BCUT2D eigenvalue weighted by Crippen LogP contribution is 2.31. The van der Waals surface area contributed by atoms with E-state index >= 15 is 0 Å². The summed E-state index contributed by atoms with van der Waals surface area (Å²) in [7, 11) is 0. The van der Waals surface area contributed by atoms with Crippen LogP contribution in [-0.4, -0.2) is 33.4 Å². The van der Waals surface area contributed by atoms with Crippen LogP contribution in [0, 0.1) is 12.8 Å². The molecule has 1 saturated heterocycles. The van der Waals surface area contributed by atoms with E-state index in [2.05, 4.69) is 22.4 Å². The van der Waals surface area contributed by atoms with Gasteiger partial charge in [0.05, 0.1) is 12.6 Å². The van der Waals surface area contributed by atoms with E-state index in [1.54, 1.807) is 0 Å². The molecule has 1 aromatic heterocycles. The van der Waals surface area contributed by atoms with Crippen LogP contribution >= 0.6 is 0 Å². The minimum atomic E-state index is 0.211.